The summed E-state index contributed by atoms with van der Waals surface area (Å²) in [7, 11) is 0. The third-order valence-corrected chi connectivity index (χ3v) is 12.2. The number of rotatable bonds is 32. The van der Waals surface area contributed by atoms with Gasteiger partial charge in [0.1, 0.15) is 0 Å². The van der Waals surface area contributed by atoms with Crippen molar-refractivity contribution >= 4 is 35.4 Å². The highest BCUT2D eigenvalue weighted by molar-refractivity contribution is 8.00. The molecule has 0 bridgehead atoms. The standard InChI is InChI=1S/C40H75N5O2S2/c1-5-7-9-11-12-13-14-15-16-17-18-19-20-21-22-24-32-48-39-42-38(41-29-26-35-27-30-45(31-28-35)34(3)4)43-40(44-39)49-36(33-37(46)47)25-23-10-8-6-2/h34-36H,5-33H2,1-4H3,(H,46,47)(H,41,42,43,44). The zero-order chi connectivity index (χ0) is 35.4. The van der Waals surface area contributed by atoms with Crippen LogP contribution < -0.4 is 5.32 Å². The fraction of sp³-hybridized carbons (Fsp3) is 0.900. The fourth-order valence-electron chi connectivity index (χ4n) is 6.84. The van der Waals surface area contributed by atoms with E-state index in [0.717, 1.165) is 49.1 Å². The van der Waals surface area contributed by atoms with Crippen LogP contribution in [0.4, 0.5) is 5.95 Å². The molecule has 2 rings (SSSR count). The molecule has 0 amide bonds. The Bertz CT molecular complexity index is 945. The molecule has 2 N–H and O–H groups in total. The predicted molar refractivity (Wildman–Crippen MR) is 213 cm³/mol. The number of unbranched alkanes of at least 4 members (excludes halogenated alkanes) is 18. The van der Waals surface area contributed by atoms with Crippen LogP contribution in [0.3, 0.4) is 0 Å². The van der Waals surface area contributed by atoms with Crippen molar-refractivity contribution in [2.75, 3.05) is 30.7 Å². The van der Waals surface area contributed by atoms with Crippen LogP contribution in [0.5, 0.6) is 0 Å². The van der Waals surface area contributed by atoms with E-state index in [1.54, 1.807) is 11.8 Å². The van der Waals surface area contributed by atoms with Gasteiger partial charge < -0.3 is 15.3 Å². The van der Waals surface area contributed by atoms with Gasteiger partial charge in [0.2, 0.25) is 5.95 Å². The first-order valence-electron chi connectivity index (χ1n) is 20.7. The van der Waals surface area contributed by atoms with Crippen molar-refractivity contribution in [3.63, 3.8) is 0 Å². The van der Waals surface area contributed by atoms with Gasteiger partial charge in [0.05, 0.1) is 6.42 Å². The molecular weight excluding hydrogens is 647 g/mol. The molecule has 1 atom stereocenters. The number of nitrogens with one attached hydrogen (secondary N) is 1. The highest BCUT2D eigenvalue weighted by atomic mass is 32.2. The van der Waals surface area contributed by atoms with E-state index >= 15 is 0 Å². The lowest BCUT2D eigenvalue weighted by atomic mass is 9.93. The Labute approximate surface area is 310 Å². The summed E-state index contributed by atoms with van der Waals surface area (Å²) in [6, 6.07) is 0.631. The number of nitrogens with zero attached hydrogens (tertiary/aromatic N) is 4. The third kappa shape index (κ3) is 23.2. The van der Waals surface area contributed by atoms with Gasteiger partial charge in [-0.2, -0.15) is 15.0 Å². The lowest BCUT2D eigenvalue weighted by Gasteiger charge is -2.34. The average molecular weight is 722 g/mol. The summed E-state index contributed by atoms with van der Waals surface area (Å²) in [5.41, 5.74) is 0. The quantitative estimate of drug-likeness (QED) is 0.0557. The number of likely N-dealkylation sites (tertiary alicyclic amines) is 1. The summed E-state index contributed by atoms with van der Waals surface area (Å²) in [4.78, 5) is 28.7. The zero-order valence-electron chi connectivity index (χ0n) is 32.2. The van der Waals surface area contributed by atoms with Gasteiger partial charge in [0, 0.05) is 23.6 Å². The molecule has 9 heteroatoms. The minimum Gasteiger partial charge on any atom is -0.481 e. The Hall–Kier alpha value is -1.06. The highest BCUT2D eigenvalue weighted by Crippen LogP contribution is 2.30. The smallest absolute Gasteiger partial charge is 0.304 e. The topological polar surface area (TPSA) is 91.2 Å². The lowest BCUT2D eigenvalue weighted by Crippen LogP contribution is -2.38. The number of hydrogen-bond donors (Lipinski definition) is 2. The Balaban J connectivity index is 1.75. The molecule has 0 radical (unpaired) electrons. The van der Waals surface area contributed by atoms with Gasteiger partial charge in [-0.05, 0) is 65.0 Å². The summed E-state index contributed by atoms with van der Waals surface area (Å²) >= 11 is 3.26. The normalized spacial score (nSPS) is 14.9. The summed E-state index contributed by atoms with van der Waals surface area (Å²) in [5, 5.41) is 14.5. The van der Waals surface area contributed by atoms with Gasteiger partial charge in [-0.25, -0.2) is 0 Å². The number of thioether (sulfide) groups is 2. The van der Waals surface area contributed by atoms with E-state index in [-0.39, 0.29) is 11.7 Å². The monoisotopic (exact) mass is 722 g/mol. The molecule has 0 aliphatic carbocycles. The number of aromatic nitrogens is 3. The molecule has 49 heavy (non-hydrogen) atoms. The van der Waals surface area contributed by atoms with Gasteiger partial charge >= 0.3 is 5.97 Å². The van der Waals surface area contributed by atoms with Crippen LogP contribution in [0.2, 0.25) is 0 Å². The minimum atomic E-state index is -0.748. The second-order valence-corrected chi connectivity index (χ2v) is 17.2. The van der Waals surface area contributed by atoms with Crippen molar-refractivity contribution in [3.05, 3.63) is 0 Å². The van der Waals surface area contributed by atoms with Crippen molar-refractivity contribution in [3.8, 4) is 0 Å². The first-order valence-corrected chi connectivity index (χ1v) is 22.5. The molecule has 2 heterocycles. The van der Waals surface area contributed by atoms with Crippen LogP contribution in [0.1, 0.15) is 188 Å². The van der Waals surface area contributed by atoms with Gasteiger partial charge in [-0.1, -0.05) is 159 Å². The number of carboxylic acids is 1. The first-order chi connectivity index (χ1) is 23.9. The van der Waals surface area contributed by atoms with Gasteiger partial charge in [0.15, 0.2) is 10.3 Å². The maximum atomic E-state index is 11.7. The van der Waals surface area contributed by atoms with Crippen molar-refractivity contribution in [2.45, 2.75) is 210 Å². The number of piperidine rings is 1. The number of anilines is 1. The molecule has 7 nitrogen and oxygen atoms in total. The van der Waals surface area contributed by atoms with Crippen LogP contribution in [0, 0.1) is 5.92 Å². The van der Waals surface area contributed by atoms with Crippen LogP contribution >= 0.6 is 23.5 Å². The second-order valence-electron chi connectivity index (χ2n) is 14.9. The molecule has 284 valence electrons. The van der Waals surface area contributed by atoms with Crippen LogP contribution in [-0.2, 0) is 4.79 Å². The maximum absolute atomic E-state index is 11.7. The fourth-order valence-corrected chi connectivity index (χ4v) is 8.82. The van der Waals surface area contributed by atoms with Crippen molar-refractivity contribution in [1.82, 2.24) is 19.9 Å². The number of carboxylic acid groups (broad SMARTS) is 1. The third-order valence-electron chi connectivity index (χ3n) is 10.1. The summed E-state index contributed by atoms with van der Waals surface area (Å²) in [6.45, 7) is 12.3. The maximum Gasteiger partial charge on any atom is 0.304 e. The predicted octanol–water partition coefficient (Wildman–Crippen LogP) is 12.1. The summed E-state index contributed by atoms with van der Waals surface area (Å²) in [5.74, 6) is 1.65. The molecular formula is C40H75N5O2S2. The number of aliphatic carboxylic acids is 1. The van der Waals surface area contributed by atoms with Crippen molar-refractivity contribution in [1.29, 1.82) is 0 Å². The Morgan fingerprint density at radius 3 is 1.80 bits per heavy atom. The summed E-state index contributed by atoms with van der Waals surface area (Å²) in [6.07, 6.45) is 31.3. The molecule has 0 spiro atoms. The van der Waals surface area contributed by atoms with E-state index < -0.39 is 5.97 Å². The minimum absolute atomic E-state index is 0.0195. The van der Waals surface area contributed by atoms with Gasteiger partial charge in [0.25, 0.3) is 0 Å². The van der Waals surface area contributed by atoms with Crippen LogP contribution in [0.15, 0.2) is 10.3 Å². The zero-order valence-corrected chi connectivity index (χ0v) is 33.8. The Morgan fingerprint density at radius 1 is 0.755 bits per heavy atom. The van der Waals surface area contributed by atoms with Gasteiger partial charge in [-0.3, -0.25) is 4.79 Å². The van der Waals surface area contributed by atoms with Crippen LogP contribution in [0.25, 0.3) is 0 Å². The first kappa shape index (κ1) is 44.1. The van der Waals surface area contributed by atoms with Crippen molar-refractivity contribution < 1.29 is 9.90 Å². The van der Waals surface area contributed by atoms with Crippen LogP contribution in [-0.4, -0.2) is 67.6 Å². The average Bonchev–Trinajstić information content (AvgIpc) is 3.08. The second kappa shape index (κ2) is 29.5. The number of hydrogen-bond acceptors (Lipinski definition) is 8. The van der Waals surface area contributed by atoms with E-state index in [2.05, 4.69) is 37.9 Å². The molecule has 1 aromatic heterocycles. The highest BCUT2D eigenvalue weighted by Gasteiger charge is 2.21. The molecule has 1 fully saturated rings. The molecule has 1 unspecified atom stereocenters. The number of carbonyl (C=O) groups is 1. The largest absolute Gasteiger partial charge is 0.481 e. The van der Waals surface area contributed by atoms with Crippen molar-refractivity contribution in [2.24, 2.45) is 5.92 Å². The molecule has 1 aliphatic rings. The van der Waals surface area contributed by atoms with Gasteiger partial charge in [-0.15, -0.1) is 0 Å². The Kier molecular flexibility index (Phi) is 26.6. The van der Waals surface area contributed by atoms with E-state index in [1.807, 2.05) is 0 Å². The molecule has 1 aromatic rings. The summed E-state index contributed by atoms with van der Waals surface area (Å²) < 4.78 is 0. The Morgan fingerprint density at radius 2 is 1.27 bits per heavy atom. The van der Waals surface area contributed by atoms with E-state index in [1.165, 1.54) is 153 Å². The molecule has 1 saturated heterocycles. The molecule has 0 aromatic carbocycles. The van der Waals surface area contributed by atoms with E-state index in [9.17, 15) is 9.90 Å². The SMILES string of the molecule is CCCCCCCCCCCCCCCCCCSc1nc(NCCC2CCN(C(C)C)CC2)nc(SC(CCCCCC)CC(=O)O)n1. The lowest BCUT2D eigenvalue weighted by molar-refractivity contribution is -0.137. The molecule has 1 aliphatic heterocycles. The molecule has 0 saturated carbocycles. The van der Waals surface area contributed by atoms with E-state index in [0.29, 0.717) is 17.1 Å². The van der Waals surface area contributed by atoms with E-state index in [4.69, 9.17) is 15.0 Å².